The van der Waals surface area contributed by atoms with E-state index in [1.807, 2.05) is 58.0 Å². The number of hydrogen-bond acceptors (Lipinski definition) is 5. The van der Waals surface area contributed by atoms with Crippen LogP contribution >= 0.6 is 0 Å². The van der Waals surface area contributed by atoms with Crippen LogP contribution in [0.25, 0.3) is 0 Å². The molecule has 1 heterocycles. The van der Waals surface area contributed by atoms with Crippen molar-refractivity contribution in [2.45, 2.75) is 45.4 Å². The topological polar surface area (TPSA) is 66.0 Å². The van der Waals surface area contributed by atoms with E-state index in [2.05, 4.69) is 5.32 Å². The summed E-state index contributed by atoms with van der Waals surface area (Å²) in [6.45, 7) is 8.36. The molecule has 0 bridgehead atoms. The van der Waals surface area contributed by atoms with Crippen LogP contribution in [0.4, 0.5) is 0 Å². The molecule has 1 aliphatic heterocycles. The van der Waals surface area contributed by atoms with Crippen molar-refractivity contribution in [3.05, 3.63) is 53.6 Å². The van der Waals surface area contributed by atoms with Crippen molar-refractivity contribution < 1.29 is 23.6 Å². The summed E-state index contributed by atoms with van der Waals surface area (Å²) >= 11 is 0. The highest BCUT2D eigenvalue weighted by molar-refractivity contribution is 6.62. The largest absolute Gasteiger partial charge is 0.497 e. The minimum atomic E-state index is -0.505. The number of carbonyl (C=O) groups is 1. The maximum absolute atomic E-state index is 12.7. The number of amides is 1. The molecule has 3 rings (SSSR count). The molecule has 1 saturated heterocycles. The molecule has 1 N–H and O–H groups in total. The minimum absolute atomic E-state index is 0.179. The number of hydrogen-bond donors (Lipinski definition) is 1. The summed E-state index contributed by atoms with van der Waals surface area (Å²) < 4.78 is 22.8. The lowest BCUT2D eigenvalue weighted by atomic mass is 9.78. The van der Waals surface area contributed by atoms with Gasteiger partial charge >= 0.3 is 7.12 Å². The third-order valence-corrected chi connectivity index (χ3v) is 5.61. The Balaban J connectivity index is 1.71. The fraction of sp³-hybridized carbons (Fsp3) is 0.409. The maximum atomic E-state index is 12.7. The standard InChI is InChI=1S/C22H28BNO5/c1-21(2)22(3,4)29-23(28-21)17-9-7-8-15(12-17)20(25)24-14-16-10-11-18(26-5)13-19(16)27-6/h7-13H,14H2,1-6H3,(H,24,25). The Morgan fingerprint density at radius 3 is 2.31 bits per heavy atom. The highest BCUT2D eigenvalue weighted by Gasteiger charge is 2.51. The minimum Gasteiger partial charge on any atom is -0.497 e. The summed E-state index contributed by atoms with van der Waals surface area (Å²) in [5, 5.41) is 2.94. The van der Waals surface area contributed by atoms with Gasteiger partial charge in [-0.05, 0) is 57.4 Å². The predicted molar refractivity (Wildman–Crippen MR) is 113 cm³/mol. The summed E-state index contributed by atoms with van der Waals surface area (Å²) in [7, 11) is 2.69. The molecule has 0 aromatic heterocycles. The second-order valence-electron chi connectivity index (χ2n) is 8.07. The second kappa shape index (κ2) is 8.09. The van der Waals surface area contributed by atoms with Gasteiger partial charge in [0.2, 0.25) is 0 Å². The van der Waals surface area contributed by atoms with Crippen LogP contribution in [0.1, 0.15) is 43.6 Å². The van der Waals surface area contributed by atoms with Gasteiger partial charge in [0.25, 0.3) is 5.91 Å². The van der Waals surface area contributed by atoms with Crippen LogP contribution < -0.4 is 20.3 Å². The normalized spacial score (nSPS) is 17.1. The molecular formula is C22H28BNO5. The summed E-state index contributed by atoms with van der Waals surface area (Å²) in [4.78, 5) is 12.7. The van der Waals surface area contributed by atoms with Crippen molar-refractivity contribution in [1.29, 1.82) is 0 Å². The van der Waals surface area contributed by atoms with Crippen LogP contribution in [0.3, 0.4) is 0 Å². The van der Waals surface area contributed by atoms with Crippen molar-refractivity contribution in [2.75, 3.05) is 14.2 Å². The SMILES string of the molecule is COc1ccc(CNC(=O)c2cccc(B3OC(C)(C)C(C)(C)O3)c2)c(OC)c1. The highest BCUT2D eigenvalue weighted by Crippen LogP contribution is 2.36. The van der Waals surface area contributed by atoms with Gasteiger partial charge in [0.05, 0.1) is 25.4 Å². The Morgan fingerprint density at radius 1 is 1.00 bits per heavy atom. The second-order valence-corrected chi connectivity index (χ2v) is 8.07. The van der Waals surface area contributed by atoms with Gasteiger partial charge in [-0.1, -0.05) is 12.1 Å². The Bertz CT molecular complexity index is 881. The third kappa shape index (κ3) is 4.41. The monoisotopic (exact) mass is 397 g/mol. The van der Waals surface area contributed by atoms with Gasteiger partial charge in [0.15, 0.2) is 0 Å². The van der Waals surface area contributed by atoms with Crippen LogP contribution in [0, 0.1) is 0 Å². The van der Waals surface area contributed by atoms with E-state index in [9.17, 15) is 4.79 Å². The highest BCUT2D eigenvalue weighted by atomic mass is 16.7. The molecule has 0 unspecified atom stereocenters. The molecular weight excluding hydrogens is 369 g/mol. The summed E-state index contributed by atoms with van der Waals surface area (Å²) in [6.07, 6.45) is 0. The number of carbonyl (C=O) groups excluding carboxylic acids is 1. The first kappa shape index (κ1) is 21.2. The van der Waals surface area contributed by atoms with E-state index < -0.39 is 18.3 Å². The Morgan fingerprint density at radius 2 is 1.69 bits per heavy atom. The molecule has 154 valence electrons. The maximum Gasteiger partial charge on any atom is 0.494 e. The molecule has 0 atom stereocenters. The van der Waals surface area contributed by atoms with E-state index in [0.717, 1.165) is 11.0 Å². The molecule has 1 amide bonds. The van der Waals surface area contributed by atoms with Gasteiger partial charge in [-0.15, -0.1) is 0 Å². The summed E-state index contributed by atoms with van der Waals surface area (Å²) in [5.74, 6) is 1.18. The molecule has 0 radical (unpaired) electrons. The molecule has 2 aromatic rings. The van der Waals surface area contributed by atoms with Crippen molar-refractivity contribution in [3.8, 4) is 11.5 Å². The Hall–Kier alpha value is -2.51. The van der Waals surface area contributed by atoms with E-state index in [1.165, 1.54) is 0 Å². The average molecular weight is 397 g/mol. The quantitative estimate of drug-likeness (QED) is 0.760. The molecule has 1 fully saturated rings. The van der Waals surface area contributed by atoms with Gasteiger partial charge in [0.1, 0.15) is 11.5 Å². The van der Waals surface area contributed by atoms with Gasteiger partial charge in [0, 0.05) is 23.7 Å². The zero-order valence-corrected chi connectivity index (χ0v) is 17.9. The number of ether oxygens (including phenoxy) is 2. The van der Waals surface area contributed by atoms with E-state index in [4.69, 9.17) is 18.8 Å². The average Bonchev–Trinajstić information content (AvgIpc) is 2.93. The van der Waals surface area contributed by atoms with Gasteiger partial charge in [-0.25, -0.2) is 0 Å². The zero-order valence-electron chi connectivity index (χ0n) is 17.9. The smallest absolute Gasteiger partial charge is 0.494 e. The fourth-order valence-corrected chi connectivity index (χ4v) is 3.08. The van der Waals surface area contributed by atoms with Crippen LogP contribution in [-0.2, 0) is 15.9 Å². The first-order valence-corrected chi connectivity index (χ1v) is 9.61. The molecule has 2 aromatic carbocycles. The number of rotatable bonds is 6. The lowest BCUT2D eigenvalue weighted by molar-refractivity contribution is 0.00578. The zero-order chi connectivity index (χ0) is 21.2. The van der Waals surface area contributed by atoms with Crippen LogP contribution in [0.15, 0.2) is 42.5 Å². The molecule has 1 aliphatic rings. The first-order valence-electron chi connectivity index (χ1n) is 9.61. The van der Waals surface area contributed by atoms with Crippen LogP contribution in [-0.4, -0.2) is 38.4 Å². The number of nitrogens with one attached hydrogen (secondary N) is 1. The Kier molecular flexibility index (Phi) is 5.91. The fourth-order valence-electron chi connectivity index (χ4n) is 3.08. The lowest BCUT2D eigenvalue weighted by Gasteiger charge is -2.32. The third-order valence-electron chi connectivity index (χ3n) is 5.61. The number of benzene rings is 2. The molecule has 0 spiro atoms. The molecule has 7 heteroatoms. The first-order chi connectivity index (χ1) is 13.7. The predicted octanol–water partition coefficient (Wildman–Crippen LogP) is 2.93. The van der Waals surface area contributed by atoms with E-state index in [-0.39, 0.29) is 5.91 Å². The molecule has 6 nitrogen and oxygen atoms in total. The summed E-state index contributed by atoms with van der Waals surface area (Å²) in [5.41, 5.74) is 1.37. The Labute approximate surface area is 172 Å². The lowest BCUT2D eigenvalue weighted by Crippen LogP contribution is -2.41. The molecule has 0 aliphatic carbocycles. The van der Waals surface area contributed by atoms with E-state index in [1.54, 1.807) is 26.4 Å². The van der Waals surface area contributed by atoms with Crippen molar-refractivity contribution in [1.82, 2.24) is 5.32 Å². The van der Waals surface area contributed by atoms with Crippen molar-refractivity contribution in [2.24, 2.45) is 0 Å². The number of methoxy groups -OCH3 is 2. The van der Waals surface area contributed by atoms with Crippen LogP contribution in [0.5, 0.6) is 11.5 Å². The summed E-state index contributed by atoms with van der Waals surface area (Å²) in [6, 6.07) is 12.8. The van der Waals surface area contributed by atoms with Gasteiger partial charge < -0.3 is 24.1 Å². The van der Waals surface area contributed by atoms with Crippen LogP contribution in [0.2, 0.25) is 0 Å². The van der Waals surface area contributed by atoms with Gasteiger partial charge in [-0.2, -0.15) is 0 Å². The van der Waals surface area contributed by atoms with E-state index >= 15 is 0 Å². The van der Waals surface area contributed by atoms with Gasteiger partial charge in [-0.3, -0.25) is 4.79 Å². The van der Waals surface area contributed by atoms with Crippen molar-refractivity contribution in [3.63, 3.8) is 0 Å². The molecule has 0 saturated carbocycles. The van der Waals surface area contributed by atoms with E-state index in [0.29, 0.717) is 23.6 Å². The molecule has 29 heavy (non-hydrogen) atoms. The van der Waals surface area contributed by atoms with Crippen molar-refractivity contribution >= 4 is 18.5 Å².